The summed E-state index contributed by atoms with van der Waals surface area (Å²) >= 11 is 0. The van der Waals surface area contributed by atoms with E-state index in [2.05, 4.69) is 24.3 Å². The molecular weight excluding hydrogens is 188 g/mol. The van der Waals surface area contributed by atoms with Gasteiger partial charge in [0.1, 0.15) is 0 Å². The second-order valence-electron chi connectivity index (χ2n) is 4.10. The molecule has 0 bridgehead atoms. The van der Waals surface area contributed by atoms with Gasteiger partial charge < -0.3 is 9.84 Å². The van der Waals surface area contributed by atoms with E-state index in [1.54, 1.807) is 0 Å². The van der Waals surface area contributed by atoms with Crippen LogP contribution in [0.2, 0.25) is 0 Å². The normalized spacial score (nSPS) is 24.1. The number of hydrogen-bond acceptors (Lipinski definition) is 2. The molecule has 1 aliphatic heterocycles. The highest BCUT2D eigenvalue weighted by Gasteiger charge is 2.36. The standard InChI is InChI=1S/C13H18O2/c14-10-4-7-12-13(15-12)9-8-11-5-2-1-3-6-11/h1-3,5-6,12-14H,4,7-10H2/t12-,13-/m0/s1. The van der Waals surface area contributed by atoms with Crippen molar-refractivity contribution in [2.24, 2.45) is 0 Å². The number of epoxide rings is 1. The zero-order valence-electron chi connectivity index (χ0n) is 8.93. The van der Waals surface area contributed by atoms with Gasteiger partial charge in [0, 0.05) is 6.61 Å². The van der Waals surface area contributed by atoms with Gasteiger partial charge in [-0.15, -0.1) is 0 Å². The number of hydrogen-bond donors (Lipinski definition) is 1. The molecule has 2 heteroatoms. The number of aliphatic hydroxyl groups excluding tert-OH is 1. The lowest BCUT2D eigenvalue weighted by molar-refractivity contribution is 0.272. The minimum atomic E-state index is 0.283. The zero-order chi connectivity index (χ0) is 10.5. The highest BCUT2D eigenvalue weighted by atomic mass is 16.6. The molecule has 0 amide bonds. The summed E-state index contributed by atoms with van der Waals surface area (Å²) < 4.78 is 5.53. The molecule has 1 N–H and O–H groups in total. The van der Waals surface area contributed by atoms with Gasteiger partial charge in [0.2, 0.25) is 0 Å². The van der Waals surface area contributed by atoms with Crippen molar-refractivity contribution in [3.05, 3.63) is 35.9 Å². The molecule has 0 saturated carbocycles. The van der Waals surface area contributed by atoms with Crippen LogP contribution in [0.15, 0.2) is 30.3 Å². The summed E-state index contributed by atoms with van der Waals surface area (Å²) in [6.07, 6.45) is 4.95. The molecular formula is C13H18O2. The average molecular weight is 206 g/mol. The number of benzene rings is 1. The van der Waals surface area contributed by atoms with Crippen LogP contribution in [0.3, 0.4) is 0 Å². The van der Waals surface area contributed by atoms with E-state index < -0.39 is 0 Å². The van der Waals surface area contributed by atoms with Gasteiger partial charge in [0.25, 0.3) is 0 Å². The fourth-order valence-corrected chi connectivity index (χ4v) is 1.93. The SMILES string of the molecule is OCCC[C@@H]1O[C@H]1CCc1ccccc1. The van der Waals surface area contributed by atoms with E-state index in [1.807, 2.05) is 6.07 Å². The molecule has 0 radical (unpaired) electrons. The Morgan fingerprint density at radius 2 is 1.80 bits per heavy atom. The molecule has 2 rings (SSSR count). The number of rotatable bonds is 6. The first-order valence-corrected chi connectivity index (χ1v) is 5.70. The average Bonchev–Trinajstić information content (AvgIpc) is 3.04. The van der Waals surface area contributed by atoms with Gasteiger partial charge in [0.05, 0.1) is 12.2 Å². The van der Waals surface area contributed by atoms with Crippen LogP contribution in [0, 0.1) is 0 Å². The Morgan fingerprint density at radius 1 is 1.07 bits per heavy atom. The first-order chi connectivity index (χ1) is 7.40. The largest absolute Gasteiger partial charge is 0.396 e. The summed E-state index contributed by atoms with van der Waals surface area (Å²) in [5, 5.41) is 8.68. The van der Waals surface area contributed by atoms with Gasteiger partial charge in [-0.1, -0.05) is 30.3 Å². The van der Waals surface area contributed by atoms with E-state index >= 15 is 0 Å². The van der Waals surface area contributed by atoms with Gasteiger partial charge in [-0.25, -0.2) is 0 Å². The quantitative estimate of drug-likeness (QED) is 0.723. The van der Waals surface area contributed by atoms with Gasteiger partial charge in [-0.05, 0) is 31.2 Å². The molecule has 0 unspecified atom stereocenters. The predicted octanol–water partition coefficient (Wildman–Crippen LogP) is 2.16. The highest BCUT2D eigenvalue weighted by Crippen LogP contribution is 2.30. The third-order valence-electron chi connectivity index (χ3n) is 2.89. The molecule has 1 saturated heterocycles. The van der Waals surface area contributed by atoms with Crippen LogP contribution in [0.1, 0.15) is 24.8 Å². The maximum atomic E-state index is 8.68. The van der Waals surface area contributed by atoms with E-state index in [0.717, 1.165) is 25.7 Å². The van der Waals surface area contributed by atoms with E-state index in [4.69, 9.17) is 9.84 Å². The lowest BCUT2D eigenvalue weighted by atomic mass is 10.1. The van der Waals surface area contributed by atoms with E-state index in [1.165, 1.54) is 5.56 Å². The van der Waals surface area contributed by atoms with Gasteiger partial charge in [0.15, 0.2) is 0 Å². The van der Waals surface area contributed by atoms with Crippen molar-refractivity contribution in [2.45, 2.75) is 37.9 Å². The van der Waals surface area contributed by atoms with E-state index in [9.17, 15) is 0 Å². The minimum absolute atomic E-state index is 0.283. The lowest BCUT2D eigenvalue weighted by Gasteiger charge is -1.97. The Hall–Kier alpha value is -0.860. The van der Waals surface area contributed by atoms with Crippen LogP contribution in [-0.4, -0.2) is 23.9 Å². The number of aryl methyl sites for hydroxylation is 1. The molecule has 2 atom stereocenters. The summed E-state index contributed by atoms with van der Waals surface area (Å²) in [5.74, 6) is 0. The van der Waals surface area contributed by atoms with Crippen LogP contribution in [-0.2, 0) is 11.2 Å². The minimum Gasteiger partial charge on any atom is -0.396 e. The van der Waals surface area contributed by atoms with Crippen LogP contribution in [0.4, 0.5) is 0 Å². The predicted molar refractivity (Wildman–Crippen MR) is 59.7 cm³/mol. The molecule has 1 aliphatic rings. The Labute approximate surface area is 90.9 Å². The summed E-state index contributed by atoms with van der Waals surface area (Å²) in [4.78, 5) is 0. The van der Waals surface area contributed by atoms with Crippen molar-refractivity contribution >= 4 is 0 Å². The second-order valence-corrected chi connectivity index (χ2v) is 4.10. The smallest absolute Gasteiger partial charge is 0.0845 e. The molecule has 1 fully saturated rings. The van der Waals surface area contributed by atoms with Crippen molar-refractivity contribution in [3.63, 3.8) is 0 Å². The van der Waals surface area contributed by atoms with Crippen molar-refractivity contribution in [3.8, 4) is 0 Å². The van der Waals surface area contributed by atoms with E-state index in [-0.39, 0.29) is 6.61 Å². The Balaban J connectivity index is 1.64. The van der Waals surface area contributed by atoms with Crippen LogP contribution in [0.5, 0.6) is 0 Å². The van der Waals surface area contributed by atoms with Gasteiger partial charge in [-0.3, -0.25) is 0 Å². The van der Waals surface area contributed by atoms with E-state index in [0.29, 0.717) is 12.2 Å². The highest BCUT2D eigenvalue weighted by molar-refractivity contribution is 5.15. The fourth-order valence-electron chi connectivity index (χ4n) is 1.93. The van der Waals surface area contributed by atoms with Crippen LogP contribution >= 0.6 is 0 Å². The molecule has 0 aliphatic carbocycles. The van der Waals surface area contributed by atoms with Crippen molar-refractivity contribution in [2.75, 3.05) is 6.61 Å². The maximum absolute atomic E-state index is 8.68. The third kappa shape index (κ3) is 3.33. The molecule has 1 aromatic carbocycles. The summed E-state index contributed by atoms with van der Waals surface area (Å²) in [6, 6.07) is 10.5. The van der Waals surface area contributed by atoms with Crippen molar-refractivity contribution < 1.29 is 9.84 Å². The first-order valence-electron chi connectivity index (χ1n) is 5.70. The first kappa shape index (κ1) is 10.7. The third-order valence-corrected chi connectivity index (χ3v) is 2.89. The number of ether oxygens (including phenoxy) is 1. The topological polar surface area (TPSA) is 32.8 Å². The monoisotopic (exact) mass is 206 g/mol. The van der Waals surface area contributed by atoms with Crippen LogP contribution < -0.4 is 0 Å². The molecule has 0 aromatic heterocycles. The molecule has 0 spiro atoms. The summed E-state index contributed by atoms with van der Waals surface area (Å²) in [5.41, 5.74) is 1.38. The van der Waals surface area contributed by atoms with Crippen molar-refractivity contribution in [1.82, 2.24) is 0 Å². The van der Waals surface area contributed by atoms with Crippen LogP contribution in [0.25, 0.3) is 0 Å². The van der Waals surface area contributed by atoms with Crippen molar-refractivity contribution in [1.29, 1.82) is 0 Å². The molecule has 82 valence electrons. The molecule has 1 aromatic rings. The summed E-state index contributed by atoms with van der Waals surface area (Å²) in [7, 11) is 0. The molecule has 1 heterocycles. The van der Waals surface area contributed by atoms with Gasteiger partial charge >= 0.3 is 0 Å². The Morgan fingerprint density at radius 3 is 2.53 bits per heavy atom. The fraction of sp³-hybridized carbons (Fsp3) is 0.538. The second kappa shape index (κ2) is 5.29. The zero-order valence-corrected chi connectivity index (χ0v) is 8.93. The Bertz CT molecular complexity index is 284. The maximum Gasteiger partial charge on any atom is 0.0845 e. The Kier molecular flexibility index (Phi) is 3.75. The van der Waals surface area contributed by atoms with Gasteiger partial charge in [-0.2, -0.15) is 0 Å². The number of aliphatic hydroxyl groups is 1. The molecule has 15 heavy (non-hydrogen) atoms. The summed E-state index contributed by atoms with van der Waals surface area (Å²) in [6.45, 7) is 0.283. The lowest BCUT2D eigenvalue weighted by Crippen LogP contribution is -1.97. The molecule has 2 nitrogen and oxygen atoms in total.